The molecule has 1 saturated carbocycles. The number of piperidine rings is 1. The third kappa shape index (κ3) is 3.58. The smallest absolute Gasteiger partial charge is 0.246 e. The van der Waals surface area contributed by atoms with Crippen LogP contribution >= 0.6 is 0 Å². The number of carbonyl (C=O) groups excluding carboxylic acids is 2. The average Bonchev–Trinajstić information content (AvgIpc) is 2.40. The van der Waals surface area contributed by atoms with Crippen molar-refractivity contribution >= 4 is 11.8 Å². The molecule has 1 saturated heterocycles. The molecule has 1 aliphatic carbocycles. The van der Waals surface area contributed by atoms with Gasteiger partial charge in [0.2, 0.25) is 11.8 Å². The molecule has 0 aromatic carbocycles. The van der Waals surface area contributed by atoms with Crippen molar-refractivity contribution in [1.82, 2.24) is 4.90 Å². The standard InChI is InChI=1S/C15H24N2O2/c1-11-7-8-13(15(16)19)10-17(11)14(18)9-12-5-3-2-4-6-12/h9,11,13H,2-8,10H2,1H3,(H2,16,19). The van der Waals surface area contributed by atoms with E-state index in [-0.39, 0.29) is 23.8 Å². The van der Waals surface area contributed by atoms with Gasteiger partial charge in [0.05, 0.1) is 5.92 Å². The molecule has 1 heterocycles. The number of rotatable bonds is 2. The van der Waals surface area contributed by atoms with E-state index in [1.165, 1.54) is 24.8 Å². The molecular weight excluding hydrogens is 240 g/mol. The fourth-order valence-electron chi connectivity index (χ4n) is 3.05. The van der Waals surface area contributed by atoms with E-state index < -0.39 is 0 Å². The van der Waals surface area contributed by atoms with Crippen molar-refractivity contribution in [2.75, 3.05) is 6.54 Å². The van der Waals surface area contributed by atoms with Crippen LogP contribution in [0.2, 0.25) is 0 Å². The predicted molar refractivity (Wildman–Crippen MR) is 74.3 cm³/mol. The molecule has 0 radical (unpaired) electrons. The first-order chi connectivity index (χ1) is 9.08. The maximum absolute atomic E-state index is 12.3. The molecule has 2 fully saturated rings. The number of likely N-dealkylation sites (tertiary alicyclic amines) is 1. The highest BCUT2D eigenvalue weighted by molar-refractivity contribution is 5.89. The Kier molecular flexibility index (Phi) is 4.61. The minimum atomic E-state index is -0.282. The van der Waals surface area contributed by atoms with Crippen LogP contribution in [-0.4, -0.2) is 29.3 Å². The van der Waals surface area contributed by atoms with Crippen LogP contribution in [0.25, 0.3) is 0 Å². The second-order valence-electron chi connectivity index (χ2n) is 5.88. The molecule has 4 nitrogen and oxygen atoms in total. The zero-order valence-corrected chi connectivity index (χ0v) is 11.7. The summed E-state index contributed by atoms with van der Waals surface area (Å²) < 4.78 is 0. The van der Waals surface area contributed by atoms with E-state index in [9.17, 15) is 9.59 Å². The van der Waals surface area contributed by atoms with Crippen LogP contribution in [-0.2, 0) is 9.59 Å². The molecular formula is C15H24N2O2. The topological polar surface area (TPSA) is 63.4 Å². The Balaban J connectivity index is 2.01. The largest absolute Gasteiger partial charge is 0.369 e. The van der Waals surface area contributed by atoms with Crippen LogP contribution in [0.5, 0.6) is 0 Å². The highest BCUT2D eigenvalue weighted by atomic mass is 16.2. The van der Waals surface area contributed by atoms with Crippen molar-refractivity contribution in [1.29, 1.82) is 0 Å². The maximum atomic E-state index is 12.3. The molecule has 2 amide bonds. The van der Waals surface area contributed by atoms with Crippen LogP contribution in [0.1, 0.15) is 51.9 Å². The zero-order valence-electron chi connectivity index (χ0n) is 11.7. The summed E-state index contributed by atoms with van der Waals surface area (Å²) in [7, 11) is 0. The molecule has 106 valence electrons. The molecule has 19 heavy (non-hydrogen) atoms. The number of nitrogens with two attached hydrogens (primary N) is 1. The Bertz CT molecular complexity index is 382. The highest BCUT2D eigenvalue weighted by Gasteiger charge is 2.30. The first-order valence-corrected chi connectivity index (χ1v) is 7.37. The Morgan fingerprint density at radius 1 is 1.21 bits per heavy atom. The molecule has 2 rings (SSSR count). The molecule has 4 heteroatoms. The zero-order chi connectivity index (χ0) is 13.8. The minimum absolute atomic E-state index is 0.0651. The first kappa shape index (κ1) is 14.1. The lowest BCUT2D eigenvalue weighted by Crippen LogP contribution is -2.48. The lowest BCUT2D eigenvalue weighted by Gasteiger charge is -2.36. The summed E-state index contributed by atoms with van der Waals surface area (Å²) in [6.07, 6.45) is 9.23. The van der Waals surface area contributed by atoms with Crippen LogP contribution in [0.4, 0.5) is 0 Å². The molecule has 0 aromatic rings. The Morgan fingerprint density at radius 3 is 2.53 bits per heavy atom. The normalized spacial score (nSPS) is 28.1. The summed E-state index contributed by atoms with van der Waals surface area (Å²) in [5.41, 5.74) is 6.64. The number of nitrogens with zero attached hydrogens (tertiary/aromatic N) is 1. The van der Waals surface area contributed by atoms with E-state index in [0.717, 1.165) is 25.7 Å². The number of primary amides is 1. The second kappa shape index (κ2) is 6.22. The fraction of sp³-hybridized carbons (Fsp3) is 0.733. The molecule has 0 spiro atoms. The maximum Gasteiger partial charge on any atom is 0.246 e. The third-order valence-electron chi connectivity index (χ3n) is 4.39. The number of amides is 2. The molecule has 0 aromatic heterocycles. The van der Waals surface area contributed by atoms with Gasteiger partial charge in [-0.05, 0) is 45.4 Å². The van der Waals surface area contributed by atoms with Gasteiger partial charge in [-0.1, -0.05) is 12.0 Å². The Labute approximate surface area is 115 Å². The van der Waals surface area contributed by atoms with Gasteiger partial charge in [0.25, 0.3) is 0 Å². The van der Waals surface area contributed by atoms with Gasteiger partial charge in [-0.2, -0.15) is 0 Å². The van der Waals surface area contributed by atoms with Gasteiger partial charge in [0.15, 0.2) is 0 Å². The summed E-state index contributed by atoms with van der Waals surface area (Å²) in [4.78, 5) is 25.5. The summed E-state index contributed by atoms with van der Waals surface area (Å²) in [5, 5.41) is 0. The predicted octanol–water partition coefficient (Wildman–Crippen LogP) is 1.99. The van der Waals surface area contributed by atoms with E-state index in [1.807, 2.05) is 4.90 Å². The SMILES string of the molecule is CC1CCC(C(N)=O)CN1C(=O)C=C1CCCCC1. The third-order valence-corrected chi connectivity index (χ3v) is 4.39. The quantitative estimate of drug-likeness (QED) is 0.775. The van der Waals surface area contributed by atoms with Crippen LogP contribution in [0.15, 0.2) is 11.6 Å². The monoisotopic (exact) mass is 264 g/mol. The number of hydrogen-bond acceptors (Lipinski definition) is 2. The minimum Gasteiger partial charge on any atom is -0.369 e. The van der Waals surface area contributed by atoms with E-state index in [2.05, 4.69) is 6.92 Å². The average molecular weight is 264 g/mol. The second-order valence-corrected chi connectivity index (χ2v) is 5.88. The summed E-state index contributed by atoms with van der Waals surface area (Å²) in [5.74, 6) is -0.393. The molecule has 2 aliphatic rings. The Hall–Kier alpha value is -1.32. The van der Waals surface area contributed by atoms with E-state index in [0.29, 0.717) is 6.54 Å². The molecule has 0 bridgehead atoms. The number of carbonyl (C=O) groups is 2. The van der Waals surface area contributed by atoms with Crippen molar-refractivity contribution in [3.05, 3.63) is 11.6 Å². The summed E-state index contributed by atoms with van der Waals surface area (Å²) >= 11 is 0. The van der Waals surface area contributed by atoms with Crippen LogP contribution in [0, 0.1) is 5.92 Å². The summed E-state index contributed by atoms with van der Waals surface area (Å²) in [6.45, 7) is 2.54. The molecule has 2 unspecified atom stereocenters. The van der Waals surface area contributed by atoms with Gasteiger partial charge in [-0.3, -0.25) is 9.59 Å². The molecule has 1 aliphatic heterocycles. The fourth-order valence-corrected chi connectivity index (χ4v) is 3.05. The van der Waals surface area contributed by atoms with E-state index >= 15 is 0 Å². The first-order valence-electron chi connectivity index (χ1n) is 7.37. The Morgan fingerprint density at radius 2 is 1.89 bits per heavy atom. The van der Waals surface area contributed by atoms with Gasteiger partial charge in [-0.15, -0.1) is 0 Å². The van der Waals surface area contributed by atoms with Crippen LogP contribution in [0.3, 0.4) is 0 Å². The van der Waals surface area contributed by atoms with E-state index in [1.54, 1.807) is 6.08 Å². The van der Waals surface area contributed by atoms with Crippen molar-refractivity contribution < 1.29 is 9.59 Å². The van der Waals surface area contributed by atoms with Crippen LogP contribution < -0.4 is 5.73 Å². The lowest BCUT2D eigenvalue weighted by atomic mass is 9.91. The van der Waals surface area contributed by atoms with Gasteiger partial charge in [0, 0.05) is 18.7 Å². The lowest BCUT2D eigenvalue weighted by molar-refractivity contribution is -0.133. The number of hydrogen-bond donors (Lipinski definition) is 1. The molecule has 2 N–H and O–H groups in total. The van der Waals surface area contributed by atoms with Crippen molar-refractivity contribution in [2.24, 2.45) is 11.7 Å². The highest BCUT2D eigenvalue weighted by Crippen LogP contribution is 2.25. The van der Waals surface area contributed by atoms with Gasteiger partial charge < -0.3 is 10.6 Å². The van der Waals surface area contributed by atoms with Crippen molar-refractivity contribution in [3.8, 4) is 0 Å². The van der Waals surface area contributed by atoms with Gasteiger partial charge in [0.1, 0.15) is 0 Å². The number of allylic oxidation sites excluding steroid dienone is 1. The van der Waals surface area contributed by atoms with Gasteiger partial charge >= 0.3 is 0 Å². The van der Waals surface area contributed by atoms with Crippen molar-refractivity contribution in [3.63, 3.8) is 0 Å². The van der Waals surface area contributed by atoms with Gasteiger partial charge in [-0.25, -0.2) is 0 Å². The van der Waals surface area contributed by atoms with E-state index in [4.69, 9.17) is 5.73 Å². The molecule has 2 atom stereocenters. The summed E-state index contributed by atoms with van der Waals surface area (Å²) in [6, 6.07) is 0.212. The van der Waals surface area contributed by atoms with Crippen molar-refractivity contribution in [2.45, 2.75) is 57.9 Å².